The Labute approximate surface area is 64.0 Å². The van der Waals surface area contributed by atoms with E-state index in [1.165, 1.54) is 5.34 Å². The molecule has 0 amide bonds. The van der Waals surface area contributed by atoms with Crippen LogP contribution in [0.3, 0.4) is 0 Å². The van der Waals surface area contributed by atoms with Crippen LogP contribution in [0.25, 0.3) is 0 Å². The maximum absolute atomic E-state index is 8.11. The van der Waals surface area contributed by atoms with Crippen LogP contribution in [-0.2, 0) is 0 Å². The Morgan fingerprint density at radius 3 is 2.64 bits per heavy atom. The summed E-state index contributed by atoms with van der Waals surface area (Å²) in [5.74, 6) is 0. The second-order valence-electron chi connectivity index (χ2n) is 1.57. The number of pyridine rings is 1. The van der Waals surface area contributed by atoms with Crippen molar-refractivity contribution in [2.45, 2.75) is 0 Å². The van der Waals surface area contributed by atoms with Gasteiger partial charge in [0.1, 0.15) is 0 Å². The Hall–Kier alpha value is -1.65. The lowest BCUT2D eigenvalue weighted by Crippen LogP contribution is -1.86. The zero-order chi connectivity index (χ0) is 8.53. The van der Waals surface area contributed by atoms with Gasteiger partial charge in [-0.3, -0.25) is 4.98 Å². The van der Waals surface area contributed by atoms with Gasteiger partial charge in [0.15, 0.2) is 5.34 Å². The molecule has 2 N–H and O–H groups in total. The smallest absolute Gasteiger partial charge is 0.152 e. The van der Waals surface area contributed by atoms with E-state index in [0.29, 0.717) is 0 Å². The average Bonchev–Trinajstić information content (AvgIpc) is 2.08. The lowest BCUT2D eigenvalue weighted by atomic mass is 10.4. The minimum Gasteiger partial charge on any atom is -0.387 e. The maximum atomic E-state index is 8.11. The van der Waals surface area contributed by atoms with Gasteiger partial charge >= 0.3 is 0 Å². The van der Waals surface area contributed by atoms with Crippen LogP contribution in [0.15, 0.2) is 29.9 Å². The van der Waals surface area contributed by atoms with Gasteiger partial charge in [-0.25, -0.2) is 0 Å². The molecule has 0 aliphatic heterocycles. The molecule has 0 atom stereocenters. The fourth-order valence-corrected chi connectivity index (χ4v) is 0.511. The van der Waals surface area contributed by atoms with Gasteiger partial charge in [0.2, 0.25) is 0 Å². The molecule has 11 heavy (non-hydrogen) atoms. The van der Waals surface area contributed by atoms with Gasteiger partial charge in [-0.15, -0.1) is 4.91 Å². The monoisotopic (exact) mass is 155 g/mol. The summed E-state index contributed by atoms with van der Waals surface area (Å²) in [6.07, 6.45) is 3.53. The number of hydrogen-bond donors (Lipinski definition) is 2. The normalized spacial score (nSPS) is 7.36. The molecule has 0 fully saturated rings. The molecule has 5 nitrogen and oxygen atoms in total. The van der Waals surface area contributed by atoms with Crippen LogP contribution in [-0.4, -0.2) is 17.2 Å². The molecule has 5 heteroatoms. The Balaban J connectivity index is 0.000000292. The van der Waals surface area contributed by atoms with Crippen LogP contribution >= 0.6 is 0 Å². The van der Waals surface area contributed by atoms with Gasteiger partial charge in [-0.2, -0.15) is 0 Å². The van der Waals surface area contributed by atoms with E-state index >= 15 is 0 Å². The predicted molar refractivity (Wildman–Crippen MR) is 41.4 cm³/mol. The maximum Gasteiger partial charge on any atom is 0.152 e. The highest BCUT2D eigenvalue weighted by atomic mass is 16.6. The Bertz CT molecular complexity index is 190. The molecule has 0 unspecified atom stereocenters. The van der Waals surface area contributed by atoms with Crippen molar-refractivity contribution >= 4 is 5.69 Å². The summed E-state index contributed by atoms with van der Waals surface area (Å²) in [5.41, 5.74) is 1.05. The molecule has 0 aromatic carbocycles. The molecular formula is C6H9N3O2. The van der Waals surface area contributed by atoms with E-state index in [2.05, 4.69) is 10.3 Å². The Kier molecular flexibility index (Phi) is 5.50. The van der Waals surface area contributed by atoms with Crippen LogP contribution in [0.2, 0.25) is 0 Å². The molecule has 0 aliphatic rings. The Morgan fingerprint density at radius 2 is 2.36 bits per heavy atom. The third-order valence-corrected chi connectivity index (χ3v) is 0.950. The number of rotatable bonds is 1. The summed E-state index contributed by atoms with van der Waals surface area (Å²) < 4.78 is 0. The van der Waals surface area contributed by atoms with Crippen LogP contribution in [0.1, 0.15) is 0 Å². The molecule has 0 radical (unpaired) electrons. The first-order valence-electron chi connectivity index (χ1n) is 2.89. The van der Waals surface area contributed by atoms with Crippen molar-refractivity contribution in [1.29, 1.82) is 0 Å². The second kappa shape index (κ2) is 6.47. The largest absolute Gasteiger partial charge is 0.387 e. The standard InChI is InChI=1S/C6H8N2.HNO2/c1-7-6-3-2-4-8-5-6;2-1-3/h2-5,7H,1H3;(H,2,3). The summed E-state index contributed by atoms with van der Waals surface area (Å²) in [7, 11) is 1.87. The fraction of sp³-hybridized carbons (Fsp3) is 0.167. The van der Waals surface area contributed by atoms with Gasteiger partial charge in [0.05, 0.1) is 5.69 Å². The highest BCUT2D eigenvalue weighted by Crippen LogP contribution is 1.98. The van der Waals surface area contributed by atoms with Crippen molar-refractivity contribution in [3.63, 3.8) is 0 Å². The first kappa shape index (κ1) is 9.35. The van der Waals surface area contributed by atoms with Crippen LogP contribution in [0, 0.1) is 4.91 Å². The van der Waals surface area contributed by atoms with Gasteiger partial charge in [-0.1, -0.05) is 0 Å². The van der Waals surface area contributed by atoms with E-state index < -0.39 is 0 Å². The quantitative estimate of drug-likeness (QED) is 0.473. The molecular weight excluding hydrogens is 146 g/mol. The SMILES string of the molecule is CNc1cccnc1.O=NO. The lowest BCUT2D eigenvalue weighted by Gasteiger charge is -1.93. The predicted octanol–water partition coefficient (Wildman–Crippen LogP) is 1.27. The molecule has 1 aromatic rings. The molecule has 0 saturated carbocycles. The lowest BCUT2D eigenvalue weighted by molar-refractivity contribution is 0.312. The summed E-state index contributed by atoms with van der Waals surface area (Å²) >= 11 is 0. The third-order valence-electron chi connectivity index (χ3n) is 0.950. The molecule has 0 bridgehead atoms. The molecule has 60 valence electrons. The van der Waals surface area contributed by atoms with Crippen molar-refractivity contribution in [1.82, 2.24) is 4.98 Å². The first-order chi connectivity index (χ1) is 5.35. The van der Waals surface area contributed by atoms with Crippen molar-refractivity contribution in [2.75, 3.05) is 12.4 Å². The van der Waals surface area contributed by atoms with Gasteiger partial charge in [0, 0.05) is 19.4 Å². The van der Waals surface area contributed by atoms with Crippen LogP contribution in [0.5, 0.6) is 0 Å². The van der Waals surface area contributed by atoms with Crippen molar-refractivity contribution < 1.29 is 5.21 Å². The molecule has 0 spiro atoms. The summed E-state index contributed by atoms with van der Waals surface area (Å²) in [6, 6.07) is 3.86. The zero-order valence-electron chi connectivity index (χ0n) is 6.06. The summed E-state index contributed by atoms with van der Waals surface area (Å²) in [6.45, 7) is 0. The number of nitrogens with zero attached hydrogens (tertiary/aromatic N) is 2. The Morgan fingerprint density at radius 1 is 1.73 bits per heavy atom. The van der Waals surface area contributed by atoms with Gasteiger partial charge in [0.25, 0.3) is 0 Å². The van der Waals surface area contributed by atoms with Gasteiger partial charge in [-0.05, 0) is 12.1 Å². The van der Waals surface area contributed by atoms with Gasteiger partial charge < -0.3 is 10.5 Å². The molecule has 0 aliphatic carbocycles. The third kappa shape index (κ3) is 4.83. The second-order valence-corrected chi connectivity index (χ2v) is 1.57. The minimum absolute atomic E-state index is 1.05. The molecule has 0 saturated heterocycles. The van der Waals surface area contributed by atoms with Crippen molar-refractivity contribution in [3.8, 4) is 0 Å². The topological polar surface area (TPSA) is 74.6 Å². The van der Waals surface area contributed by atoms with Crippen LogP contribution < -0.4 is 5.32 Å². The summed E-state index contributed by atoms with van der Waals surface area (Å²) in [4.78, 5) is 12.0. The van der Waals surface area contributed by atoms with E-state index in [4.69, 9.17) is 10.1 Å². The first-order valence-corrected chi connectivity index (χ1v) is 2.89. The number of nitrogens with one attached hydrogen (secondary N) is 1. The fourth-order valence-electron chi connectivity index (χ4n) is 0.511. The van der Waals surface area contributed by atoms with E-state index in [-0.39, 0.29) is 0 Å². The van der Waals surface area contributed by atoms with E-state index in [1.54, 1.807) is 12.4 Å². The average molecular weight is 155 g/mol. The van der Waals surface area contributed by atoms with Crippen molar-refractivity contribution in [2.24, 2.45) is 5.34 Å². The van der Waals surface area contributed by atoms with Crippen molar-refractivity contribution in [3.05, 3.63) is 29.4 Å². The summed E-state index contributed by atoms with van der Waals surface area (Å²) in [5, 5.41) is 10.9. The van der Waals surface area contributed by atoms with E-state index in [0.717, 1.165) is 5.69 Å². The zero-order valence-corrected chi connectivity index (χ0v) is 6.06. The van der Waals surface area contributed by atoms with Crippen LogP contribution in [0.4, 0.5) is 5.69 Å². The number of hydrogen-bond acceptors (Lipinski definition) is 4. The molecule has 1 heterocycles. The highest BCUT2D eigenvalue weighted by molar-refractivity contribution is 5.38. The number of anilines is 1. The molecule has 1 rings (SSSR count). The number of aromatic nitrogens is 1. The minimum atomic E-state index is 1.05. The highest BCUT2D eigenvalue weighted by Gasteiger charge is 1.79. The molecule has 1 aromatic heterocycles. The van der Waals surface area contributed by atoms with E-state index in [1.807, 2.05) is 19.2 Å². The van der Waals surface area contributed by atoms with E-state index in [9.17, 15) is 0 Å².